The van der Waals surface area contributed by atoms with Crippen LogP contribution in [-0.4, -0.2) is 38.9 Å². The van der Waals surface area contributed by atoms with E-state index in [9.17, 15) is 4.79 Å². The van der Waals surface area contributed by atoms with Crippen LogP contribution >= 0.6 is 11.6 Å². The molecule has 0 spiro atoms. The van der Waals surface area contributed by atoms with Gasteiger partial charge in [-0.3, -0.25) is 4.68 Å². The van der Waals surface area contributed by atoms with Crippen LogP contribution < -0.4 is 4.90 Å². The van der Waals surface area contributed by atoms with Crippen LogP contribution in [0.1, 0.15) is 49.3 Å². The van der Waals surface area contributed by atoms with E-state index in [4.69, 9.17) is 21.3 Å². The first-order valence-electron chi connectivity index (χ1n) is 10.4. The highest BCUT2D eigenvalue weighted by Crippen LogP contribution is 2.30. The molecule has 0 saturated carbocycles. The smallest absolute Gasteiger partial charge is 0.343 e. The van der Waals surface area contributed by atoms with Gasteiger partial charge in [0.1, 0.15) is 11.4 Å². The molecule has 8 heteroatoms. The minimum Gasteiger partial charge on any atom is -0.462 e. The summed E-state index contributed by atoms with van der Waals surface area (Å²) in [5.74, 6) is 0.694. The van der Waals surface area contributed by atoms with Crippen molar-refractivity contribution in [2.75, 3.05) is 18.1 Å². The first kappa shape index (κ1) is 21.3. The number of fused-ring (bicyclic) bond motifs is 1. The molecule has 0 atom stereocenters. The largest absolute Gasteiger partial charge is 0.462 e. The second-order valence-electron chi connectivity index (χ2n) is 8.53. The Morgan fingerprint density at radius 2 is 1.94 bits per heavy atom. The molecular formula is C23H26ClN5O2. The summed E-state index contributed by atoms with van der Waals surface area (Å²) in [6.45, 7) is 9.86. The number of ether oxygens (including phenoxy) is 1. The normalized spacial score (nSPS) is 13.8. The number of anilines is 1. The van der Waals surface area contributed by atoms with Crippen molar-refractivity contribution in [1.82, 2.24) is 19.7 Å². The number of halogens is 1. The Kier molecular flexibility index (Phi) is 5.71. The van der Waals surface area contributed by atoms with Gasteiger partial charge in [0.25, 0.3) is 0 Å². The molecule has 0 bridgehead atoms. The SMILES string of the molecule is CCOC(=O)c1cnc(-c2ccc(Cl)cc2)nc1N1CCc2c(cnn2C(C)(C)C)C1. The molecule has 2 aromatic heterocycles. The van der Waals surface area contributed by atoms with Gasteiger partial charge in [0, 0.05) is 47.6 Å². The number of aromatic nitrogens is 4. The zero-order chi connectivity index (χ0) is 22.2. The summed E-state index contributed by atoms with van der Waals surface area (Å²) < 4.78 is 7.35. The molecule has 0 N–H and O–H groups in total. The zero-order valence-electron chi connectivity index (χ0n) is 18.2. The number of carbonyl (C=O) groups is 1. The Balaban J connectivity index is 1.73. The topological polar surface area (TPSA) is 73.1 Å². The second-order valence-corrected chi connectivity index (χ2v) is 8.97. The van der Waals surface area contributed by atoms with E-state index in [1.54, 1.807) is 25.3 Å². The summed E-state index contributed by atoms with van der Waals surface area (Å²) in [7, 11) is 0. The average Bonchev–Trinajstić information content (AvgIpc) is 3.18. The molecule has 0 radical (unpaired) electrons. The van der Waals surface area contributed by atoms with Gasteiger partial charge >= 0.3 is 5.97 Å². The molecule has 4 rings (SSSR count). The van der Waals surface area contributed by atoms with Crippen molar-refractivity contribution >= 4 is 23.4 Å². The molecule has 0 fully saturated rings. The van der Waals surface area contributed by atoms with E-state index < -0.39 is 5.97 Å². The van der Waals surface area contributed by atoms with Crippen LogP contribution in [0.5, 0.6) is 0 Å². The Bertz CT molecular complexity index is 1100. The average molecular weight is 440 g/mol. The van der Waals surface area contributed by atoms with Gasteiger partial charge in [0.15, 0.2) is 5.82 Å². The van der Waals surface area contributed by atoms with Gasteiger partial charge in [-0.15, -0.1) is 0 Å². The second kappa shape index (κ2) is 8.30. The monoisotopic (exact) mass is 439 g/mol. The maximum absolute atomic E-state index is 12.6. The highest BCUT2D eigenvalue weighted by atomic mass is 35.5. The number of hydrogen-bond donors (Lipinski definition) is 0. The van der Waals surface area contributed by atoms with E-state index in [1.807, 2.05) is 18.3 Å². The van der Waals surface area contributed by atoms with E-state index in [0.717, 1.165) is 24.1 Å². The van der Waals surface area contributed by atoms with Crippen molar-refractivity contribution in [3.05, 3.63) is 58.5 Å². The van der Waals surface area contributed by atoms with Gasteiger partial charge in [-0.05, 0) is 52.0 Å². The summed E-state index contributed by atoms with van der Waals surface area (Å²) in [6, 6.07) is 7.33. The summed E-state index contributed by atoms with van der Waals surface area (Å²) >= 11 is 6.02. The van der Waals surface area contributed by atoms with E-state index >= 15 is 0 Å². The lowest BCUT2D eigenvalue weighted by Crippen LogP contribution is -2.35. The lowest BCUT2D eigenvalue weighted by Gasteiger charge is -2.31. The van der Waals surface area contributed by atoms with Crippen molar-refractivity contribution < 1.29 is 9.53 Å². The van der Waals surface area contributed by atoms with Gasteiger partial charge in [-0.25, -0.2) is 14.8 Å². The maximum Gasteiger partial charge on any atom is 0.343 e. The van der Waals surface area contributed by atoms with Crippen LogP contribution in [0.15, 0.2) is 36.7 Å². The van der Waals surface area contributed by atoms with Crippen LogP contribution in [0.4, 0.5) is 5.82 Å². The lowest BCUT2D eigenvalue weighted by atomic mass is 10.0. The number of rotatable bonds is 4. The summed E-state index contributed by atoms with van der Waals surface area (Å²) in [6.07, 6.45) is 4.28. The number of benzene rings is 1. The molecule has 162 valence electrons. The predicted octanol–water partition coefficient (Wildman–Crippen LogP) is 4.49. The molecule has 1 aliphatic heterocycles. The minimum absolute atomic E-state index is 0.0808. The fourth-order valence-electron chi connectivity index (χ4n) is 3.80. The first-order chi connectivity index (χ1) is 14.8. The number of nitrogens with zero attached hydrogens (tertiary/aromatic N) is 5. The van der Waals surface area contributed by atoms with E-state index in [0.29, 0.717) is 35.4 Å². The minimum atomic E-state index is -0.420. The molecule has 7 nitrogen and oxygen atoms in total. The molecule has 31 heavy (non-hydrogen) atoms. The Morgan fingerprint density at radius 3 is 2.61 bits per heavy atom. The molecule has 0 amide bonds. The summed E-state index contributed by atoms with van der Waals surface area (Å²) in [5.41, 5.74) is 3.49. The highest BCUT2D eigenvalue weighted by molar-refractivity contribution is 6.30. The molecule has 3 aromatic rings. The Labute approximate surface area is 187 Å². The fraction of sp³-hybridized carbons (Fsp3) is 0.391. The standard InChI is InChI=1S/C23H26ClN5O2/c1-5-31-22(30)18-13-25-20(15-6-8-17(24)9-7-15)27-21(18)28-11-10-19-16(14-28)12-26-29(19)23(2,3)4/h6-9,12-13H,5,10-11,14H2,1-4H3. The Morgan fingerprint density at radius 1 is 1.19 bits per heavy atom. The van der Waals surface area contributed by atoms with E-state index in [2.05, 4.69) is 40.4 Å². The van der Waals surface area contributed by atoms with Gasteiger partial charge in [-0.2, -0.15) is 5.10 Å². The van der Waals surface area contributed by atoms with Crippen LogP contribution in [0, 0.1) is 0 Å². The lowest BCUT2D eigenvalue weighted by molar-refractivity contribution is 0.0526. The van der Waals surface area contributed by atoms with Gasteiger partial charge in [0.05, 0.1) is 18.3 Å². The van der Waals surface area contributed by atoms with Crippen LogP contribution in [-0.2, 0) is 23.2 Å². The van der Waals surface area contributed by atoms with Crippen LogP contribution in [0.3, 0.4) is 0 Å². The molecule has 0 saturated heterocycles. The van der Waals surface area contributed by atoms with Crippen molar-refractivity contribution in [2.45, 2.75) is 46.2 Å². The zero-order valence-corrected chi connectivity index (χ0v) is 19.0. The molecule has 1 aromatic carbocycles. The van der Waals surface area contributed by atoms with Crippen LogP contribution in [0.25, 0.3) is 11.4 Å². The fourth-order valence-corrected chi connectivity index (χ4v) is 3.92. The predicted molar refractivity (Wildman–Crippen MR) is 120 cm³/mol. The third-order valence-corrected chi connectivity index (χ3v) is 5.49. The van der Waals surface area contributed by atoms with E-state index in [-0.39, 0.29) is 5.54 Å². The first-order valence-corrected chi connectivity index (χ1v) is 10.8. The van der Waals surface area contributed by atoms with Crippen LogP contribution in [0.2, 0.25) is 5.02 Å². The molecule has 0 aliphatic carbocycles. The van der Waals surface area contributed by atoms with Gasteiger partial charge in [0.2, 0.25) is 0 Å². The summed E-state index contributed by atoms with van der Waals surface area (Å²) in [5, 5.41) is 5.26. The van der Waals surface area contributed by atoms with Crippen molar-refractivity contribution in [3.63, 3.8) is 0 Å². The molecule has 3 heterocycles. The highest BCUT2D eigenvalue weighted by Gasteiger charge is 2.29. The van der Waals surface area contributed by atoms with E-state index in [1.165, 1.54) is 5.69 Å². The Hall–Kier alpha value is -2.93. The van der Waals surface area contributed by atoms with Gasteiger partial charge < -0.3 is 9.64 Å². The molecule has 1 aliphatic rings. The molecular weight excluding hydrogens is 414 g/mol. The number of hydrogen-bond acceptors (Lipinski definition) is 6. The summed E-state index contributed by atoms with van der Waals surface area (Å²) in [4.78, 5) is 23.9. The quantitative estimate of drug-likeness (QED) is 0.558. The number of carbonyl (C=O) groups excluding carboxylic acids is 1. The number of esters is 1. The van der Waals surface area contributed by atoms with Crippen molar-refractivity contribution in [1.29, 1.82) is 0 Å². The maximum atomic E-state index is 12.6. The van der Waals surface area contributed by atoms with Crippen molar-refractivity contribution in [3.8, 4) is 11.4 Å². The molecule has 0 unspecified atom stereocenters. The van der Waals surface area contributed by atoms with Crippen molar-refractivity contribution in [2.24, 2.45) is 0 Å². The third kappa shape index (κ3) is 4.28. The third-order valence-electron chi connectivity index (χ3n) is 5.24. The van der Waals surface area contributed by atoms with Gasteiger partial charge in [-0.1, -0.05) is 11.6 Å².